The molecule has 2 aromatic carbocycles. The predicted molar refractivity (Wildman–Crippen MR) is 143 cm³/mol. The van der Waals surface area contributed by atoms with Crippen molar-refractivity contribution in [2.75, 3.05) is 14.2 Å². The first kappa shape index (κ1) is 27.0. The monoisotopic (exact) mass is 475 g/mol. The summed E-state index contributed by atoms with van der Waals surface area (Å²) < 4.78 is 20.7. The molecule has 0 bridgehead atoms. The fourth-order valence-corrected chi connectivity index (χ4v) is 9.99. The van der Waals surface area contributed by atoms with Gasteiger partial charge in [0.15, 0.2) is 0 Å². The minimum absolute atomic E-state index is 0.119. The van der Waals surface area contributed by atoms with E-state index in [1.807, 2.05) is 44.3 Å². The molecule has 0 saturated heterocycles. The highest BCUT2D eigenvalue weighted by Crippen LogP contribution is 2.59. The maximum atomic E-state index is 13.6. The molecule has 0 aliphatic rings. The third-order valence-corrected chi connectivity index (χ3v) is 10.7. The van der Waals surface area contributed by atoms with Crippen LogP contribution in [0.1, 0.15) is 79.5 Å². The molecule has 0 N–H and O–H groups in total. The molecule has 2 rings (SSSR count). The molecule has 178 valence electrons. The quantitative estimate of drug-likeness (QED) is 0.426. The van der Waals surface area contributed by atoms with Gasteiger partial charge < -0.3 is 4.74 Å². The van der Waals surface area contributed by atoms with Crippen LogP contribution in [0, 0.1) is 0 Å². The first-order valence-corrected chi connectivity index (χ1v) is 13.7. The van der Waals surface area contributed by atoms with Gasteiger partial charge in [0, 0.05) is 7.05 Å². The summed E-state index contributed by atoms with van der Waals surface area (Å²) in [6.45, 7) is 20.2. The fourth-order valence-electron chi connectivity index (χ4n) is 4.55. The van der Waals surface area contributed by atoms with Gasteiger partial charge in [0.25, 0.3) is 0 Å². The molecule has 5 heteroatoms. The van der Waals surface area contributed by atoms with Crippen molar-refractivity contribution in [2.45, 2.75) is 83.4 Å². The lowest BCUT2D eigenvalue weighted by molar-refractivity contribution is 0.413. The van der Waals surface area contributed by atoms with Crippen LogP contribution in [0.2, 0.25) is 0 Å². The molecule has 0 aromatic heterocycles. The van der Waals surface area contributed by atoms with E-state index < -0.39 is 18.9 Å². The number of benzene rings is 2. The minimum Gasteiger partial charge on any atom is -0.497 e. The Labute approximate surface area is 200 Å². The van der Waals surface area contributed by atoms with Crippen LogP contribution in [-0.2, 0) is 11.0 Å². The van der Waals surface area contributed by atoms with Crippen LogP contribution in [0.3, 0.4) is 0 Å². The minimum atomic E-state index is -1.17. The highest BCUT2D eigenvalue weighted by molar-refractivity contribution is 7.84. The fraction of sp³-hybridized carbons (Fsp3) is 0.556. The smallest absolute Gasteiger partial charge is 0.118 e. The van der Waals surface area contributed by atoms with Gasteiger partial charge in [-0.1, -0.05) is 85.9 Å². The van der Waals surface area contributed by atoms with Gasteiger partial charge in [-0.25, -0.2) is 8.51 Å². The summed E-state index contributed by atoms with van der Waals surface area (Å²) in [4.78, 5) is 0. The SMILES string of the molecule is COc1ccc([C@@H](c2ccccc2P(C(C)(C)C)C(C)(C)C)N(C)S(=O)C(C)(C)C)cc1. The van der Waals surface area contributed by atoms with E-state index in [0.29, 0.717) is 0 Å². The first-order valence-electron chi connectivity index (χ1n) is 11.3. The Kier molecular flexibility index (Phi) is 8.41. The molecule has 3 nitrogen and oxygen atoms in total. The summed E-state index contributed by atoms with van der Waals surface area (Å²) in [5, 5.41) is 1.66. The average Bonchev–Trinajstić information content (AvgIpc) is 2.66. The van der Waals surface area contributed by atoms with Crippen LogP contribution in [0.25, 0.3) is 0 Å². The number of nitrogens with zero attached hydrogens (tertiary/aromatic N) is 1. The molecule has 0 radical (unpaired) electrons. The summed E-state index contributed by atoms with van der Waals surface area (Å²) in [6, 6.07) is 16.9. The second-order valence-corrected chi connectivity index (χ2v) is 17.5. The standard InChI is InChI=1S/C27H42NO2PS/c1-25(2,3)31(26(4,5)6)23-15-13-12-14-22(23)24(28(10)32(29)27(7,8)9)20-16-18-21(30-11)19-17-20/h12-19,24H,1-11H3/t24-,32?/m0/s1. The Balaban J connectivity index is 2.79. The van der Waals surface area contributed by atoms with Crippen LogP contribution in [0.15, 0.2) is 48.5 Å². The lowest BCUT2D eigenvalue weighted by atomic mass is 9.98. The van der Waals surface area contributed by atoms with Crippen LogP contribution in [0.4, 0.5) is 0 Å². The molecule has 0 aliphatic heterocycles. The molecule has 2 atom stereocenters. The zero-order valence-electron chi connectivity index (χ0n) is 21.8. The topological polar surface area (TPSA) is 29.5 Å². The van der Waals surface area contributed by atoms with Crippen molar-refractivity contribution < 1.29 is 8.95 Å². The van der Waals surface area contributed by atoms with E-state index >= 15 is 0 Å². The van der Waals surface area contributed by atoms with Gasteiger partial charge in [-0.15, -0.1) is 0 Å². The second-order valence-electron chi connectivity index (χ2n) is 11.3. The van der Waals surface area contributed by atoms with Crippen molar-refractivity contribution in [3.05, 3.63) is 59.7 Å². The van der Waals surface area contributed by atoms with Gasteiger partial charge in [0.1, 0.15) is 16.7 Å². The van der Waals surface area contributed by atoms with E-state index in [9.17, 15) is 4.21 Å². The maximum absolute atomic E-state index is 13.6. The molecular weight excluding hydrogens is 433 g/mol. The van der Waals surface area contributed by atoms with E-state index in [-0.39, 0.29) is 21.1 Å². The zero-order chi connectivity index (χ0) is 24.5. The third kappa shape index (κ3) is 6.22. The highest BCUT2D eigenvalue weighted by Gasteiger charge is 2.39. The lowest BCUT2D eigenvalue weighted by Gasteiger charge is -2.44. The summed E-state index contributed by atoms with van der Waals surface area (Å²) in [5.74, 6) is 0.826. The third-order valence-electron chi connectivity index (χ3n) is 5.39. The van der Waals surface area contributed by atoms with Crippen molar-refractivity contribution in [3.8, 4) is 5.75 Å². The Morgan fingerprint density at radius 3 is 1.78 bits per heavy atom. The predicted octanol–water partition coefficient (Wildman–Crippen LogP) is 6.88. The molecule has 0 spiro atoms. The number of hydrogen-bond donors (Lipinski definition) is 0. The number of methoxy groups -OCH3 is 1. The summed E-state index contributed by atoms with van der Waals surface area (Å²) >= 11 is 0. The lowest BCUT2D eigenvalue weighted by Crippen LogP contribution is -2.40. The van der Waals surface area contributed by atoms with Gasteiger partial charge in [-0.05, 0) is 59.6 Å². The van der Waals surface area contributed by atoms with Crippen LogP contribution >= 0.6 is 7.92 Å². The molecule has 0 fully saturated rings. The largest absolute Gasteiger partial charge is 0.497 e. The summed E-state index contributed by atoms with van der Waals surface area (Å²) in [5.41, 5.74) is 2.37. The van der Waals surface area contributed by atoms with Crippen LogP contribution in [-0.4, -0.2) is 37.7 Å². The van der Waals surface area contributed by atoms with Gasteiger partial charge in [0.2, 0.25) is 0 Å². The van der Waals surface area contributed by atoms with Crippen molar-refractivity contribution in [3.63, 3.8) is 0 Å². The molecule has 2 aromatic rings. The maximum Gasteiger partial charge on any atom is 0.118 e. The molecule has 0 saturated carbocycles. The number of ether oxygens (including phenoxy) is 1. The van der Waals surface area contributed by atoms with Crippen molar-refractivity contribution in [2.24, 2.45) is 0 Å². The van der Waals surface area contributed by atoms with Crippen LogP contribution < -0.4 is 10.0 Å². The number of hydrogen-bond acceptors (Lipinski definition) is 2. The van der Waals surface area contributed by atoms with E-state index in [1.165, 1.54) is 10.9 Å². The number of rotatable bonds is 6. The molecule has 32 heavy (non-hydrogen) atoms. The summed E-state index contributed by atoms with van der Waals surface area (Å²) in [6.07, 6.45) is 0. The van der Waals surface area contributed by atoms with Gasteiger partial charge in [-0.3, -0.25) is 0 Å². The van der Waals surface area contributed by atoms with Crippen molar-refractivity contribution in [1.29, 1.82) is 0 Å². The summed E-state index contributed by atoms with van der Waals surface area (Å²) in [7, 11) is 1.98. The Morgan fingerprint density at radius 2 is 1.34 bits per heavy atom. The normalized spacial score (nSPS) is 15.2. The molecule has 0 amide bonds. The van der Waals surface area contributed by atoms with E-state index in [0.717, 1.165) is 11.3 Å². The van der Waals surface area contributed by atoms with Gasteiger partial charge in [-0.2, -0.15) is 0 Å². The zero-order valence-corrected chi connectivity index (χ0v) is 23.5. The van der Waals surface area contributed by atoms with Crippen LogP contribution in [0.5, 0.6) is 5.75 Å². The highest BCUT2D eigenvalue weighted by atomic mass is 32.2. The van der Waals surface area contributed by atoms with E-state index in [4.69, 9.17) is 4.74 Å². The second kappa shape index (κ2) is 9.95. The Morgan fingerprint density at radius 1 is 0.844 bits per heavy atom. The van der Waals surface area contributed by atoms with Crippen molar-refractivity contribution in [1.82, 2.24) is 4.31 Å². The average molecular weight is 476 g/mol. The molecule has 0 aliphatic carbocycles. The Bertz CT molecular complexity index is 906. The van der Waals surface area contributed by atoms with Crippen molar-refractivity contribution >= 4 is 24.2 Å². The molecular formula is C27H42NO2PS. The molecule has 1 unspecified atom stereocenters. The van der Waals surface area contributed by atoms with Gasteiger partial charge in [0.05, 0.1) is 17.9 Å². The molecule has 0 heterocycles. The Hall–Kier alpha value is -1.22. The van der Waals surface area contributed by atoms with Gasteiger partial charge >= 0.3 is 0 Å². The van der Waals surface area contributed by atoms with E-state index in [2.05, 4.69) is 77.9 Å². The first-order chi connectivity index (χ1) is 14.6. The van der Waals surface area contributed by atoms with E-state index in [1.54, 1.807) is 7.11 Å².